The van der Waals surface area contributed by atoms with Crippen molar-refractivity contribution >= 4 is 23.1 Å². The molecule has 0 spiro atoms. The van der Waals surface area contributed by atoms with Crippen LogP contribution in [0.15, 0.2) is 36.4 Å². The average molecular weight is 372 g/mol. The van der Waals surface area contributed by atoms with Crippen molar-refractivity contribution in [1.29, 1.82) is 0 Å². The number of fused-ring (bicyclic) bond motifs is 1. The third kappa shape index (κ3) is 3.51. The molecule has 0 radical (unpaired) electrons. The van der Waals surface area contributed by atoms with Gasteiger partial charge in [0.25, 0.3) is 11.6 Å². The maximum absolute atomic E-state index is 13.4. The summed E-state index contributed by atoms with van der Waals surface area (Å²) in [6, 6.07) is 7.86. The van der Waals surface area contributed by atoms with Gasteiger partial charge in [-0.2, -0.15) is 0 Å². The van der Waals surface area contributed by atoms with Gasteiger partial charge in [0.15, 0.2) is 11.9 Å². The molecule has 1 aliphatic rings. The smallest absolute Gasteiger partial charge is 0.271 e. The van der Waals surface area contributed by atoms with Crippen LogP contribution in [-0.4, -0.2) is 29.3 Å². The van der Waals surface area contributed by atoms with Crippen LogP contribution in [0.3, 0.4) is 0 Å². The predicted molar refractivity (Wildman–Crippen MR) is 95.6 cm³/mol. The summed E-state index contributed by atoms with van der Waals surface area (Å²) in [7, 11) is 0. The molecule has 1 aliphatic heterocycles. The number of nitro groups is 1. The van der Waals surface area contributed by atoms with E-state index in [1.807, 2.05) is 0 Å². The Labute approximate surface area is 154 Å². The summed E-state index contributed by atoms with van der Waals surface area (Å²) in [5.41, 5.74) is 0.533. The van der Waals surface area contributed by atoms with Crippen LogP contribution in [0, 0.1) is 22.9 Å². The molecule has 0 bridgehead atoms. The lowest BCUT2D eigenvalue weighted by molar-refractivity contribution is -0.384. The highest BCUT2D eigenvalue weighted by molar-refractivity contribution is 6.08. The maximum Gasteiger partial charge on any atom is 0.271 e. The zero-order valence-electron chi connectivity index (χ0n) is 14.8. The average Bonchev–Trinajstić information content (AvgIpc) is 2.65. The molecule has 1 heterocycles. The fourth-order valence-electron chi connectivity index (χ4n) is 2.90. The first kappa shape index (κ1) is 18.5. The second-order valence-electron chi connectivity index (χ2n) is 6.24. The van der Waals surface area contributed by atoms with Gasteiger partial charge in [-0.25, -0.2) is 4.39 Å². The molecule has 27 heavy (non-hydrogen) atoms. The molecule has 2 aromatic rings. The fraction of sp³-hybridized carbons (Fsp3) is 0.263. The van der Waals surface area contributed by atoms with Crippen molar-refractivity contribution in [3.63, 3.8) is 0 Å². The van der Waals surface area contributed by atoms with Crippen LogP contribution in [-0.2, 0) is 4.79 Å². The number of anilines is 1. The van der Waals surface area contributed by atoms with Crippen LogP contribution in [0.4, 0.5) is 15.8 Å². The molecule has 0 fully saturated rings. The van der Waals surface area contributed by atoms with E-state index in [-0.39, 0.29) is 23.5 Å². The lowest BCUT2D eigenvalue weighted by Gasteiger charge is -2.33. The maximum atomic E-state index is 13.4. The summed E-state index contributed by atoms with van der Waals surface area (Å²) < 4.78 is 19.0. The number of halogens is 1. The van der Waals surface area contributed by atoms with E-state index < -0.39 is 28.5 Å². The van der Waals surface area contributed by atoms with E-state index in [1.54, 1.807) is 6.92 Å². The third-order valence-corrected chi connectivity index (χ3v) is 4.41. The van der Waals surface area contributed by atoms with Gasteiger partial charge in [-0.3, -0.25) is 24.6 Å². The Morgan fingerprint density at radius 2 is 2.04 bits per heavy atom. The Morgan fingerprint density at radius 3 is 2.67 bits per heavy atom. The molecule has 8 heteroatoms. The van der Waals surface area contributed by atoms with Crippen LogP contribution in [0.5, 0.6) is 5.75 Å². The van der Waals surface area contributed by atoms with Gasteiger partial charge in [0.05, 0.1) is 17.2 Å². The van der Waals surface area contributed by atoms with Crippen LogP contribution < -0.4 is 9.64 Å². The highest BCUT2D eigenvalue weighted by Gasteiger charge is 2.35. The number of nitrogens with zero attached hydrogens (tertiary/aromatic N) is 2. The predicted octanol–water partition coefficient (Wildman–Crippen LogP) is 3.43. The molecule has 0 N–H and O–H groups in total. The van der Waals surface area contributed by atoms with Gasteiger partial charge in [0.1, 0.15) is 11.6 Å². The second-order valence-corrected chi connectivity index (χ2v) is 6.24. The van der Waals surface area contributed by atoms with Crippen LogP contribution in [0.1, 0.15) is 29.3 Å². The van der Waals surface area contributed by atoms with Gasteiger partial charge in [-0.15, -0.1) is 0 Å². The molecule has 0 saturated carbocycles. The number of benzene rings is 2. The topological polar surface area (TPSA) is 89.8 Å². The van der Waals surface area contributed by atoms with Crippen LogP contribution in [0.2, 0.25) is 0 Å². The number of Topliss-reactive ketones (excluding diaryl/α,β-unsaturated/α-hetero) is 1. The monoisotopic (exact) mass is 372 g/mol. The van der Waals surface area contributed by atoms with Crippen LogP contribution >= 0.6 is 0 Å². The standard InChI is InChI=1S/C19H17FN2O5/c1-3-17-19(24)21(10-16(23)12-4-6-14(20)11(2)8-12)15-9-13(22(25)26)5-7-18(15)27-17/h4-9,17H,3,10H2,1-2H3. The number of carbonyl (C=O) groups excluding carboxylic acids is 2. The minimum absolute atomic E-state index is 0.172. The molecular weight excluding hydrogens is 355 g/mol. The Kier molecular flexibility index (Phi) is 4.89. The molecule has 0 aromatic heterocycles. The van der Waals surface area contributed by atoms with E-state index in [9.17, 15) is 24.1 Å². The van der Waals surface area contributed by atoms with E-state index in [4.69, 9.17) is 4.74 Å². The van der Waals surface area contributed by atoms with E-state index in [0.717, 1.165) is 0 Å². The number of non-ortho nitro benzene ring substituents is 1. The first-order valence-corrected chi connectivity index (χ1v) is 8.37. The zero-order valence-corrected chi connectivity index (χ0v) is 14.8. The number of carbonyl (C=O) groups is 2. The summed E-state index contributed by atoms with van der Waals surface area (Å²) in [5, 5.41) is 11.1. The number of hydrogen-bond donors (Lipinski definition) is 0. The van der Waals surface area contributed by atoms with Gasteiger partial charge < -0.3 is 4.74 Å². The summed E-state index contributed by atoms with van der Waals surface area (Å²) in [4.78, 5) is 37.0. The Balaban J connectivity index is 1.98. The van der Waals surface area contributed by atoms with Crippen molar-refractivity contribution < 1.29 is 23.6 Å². The fourth-order valence-corrected chi connectivity index (χ4v) is 2.90. The summed E-state index contributed by atoms with van der Waals surface area (Å²) in [6.07, 6.45) is -0.392. The second kappa shape index (κ2) is 7.14. The Bertz CT molecular complexity index is 944. The summed E-state index contributed by atoms with van der Waals surface area (Å²) >= 11 is 0. The van der Waals surface area contributed by atoms with Crippen LogP contribution in [0.25, 0.3) is 0 Å². The highest BCUT2D eigenvalue weighted by Crippen LogP contribution is 2.37. The molecule has 3 rings (SSSR count). The lowest BCUT2D eigenvalue weighted by Crippen LogP contribution is -2.47. The number of rotatable bonds is 5. The summed E-state index contributed by atoms with van der Waals surface area (Å²) in [5.74, 6) is -0.977. The quantitative estimate of drug-likeness (QED) is 0.456. The van der Waals surface area contributed by atoms with Crippen molar-refractivity contribution in [2.24, 2.45) is 0 Å². The molecule has 2 aromatic carbocycles. The SMILES string of the molecule is CCC1Oc2ccc([N+](=O)[O-])cc2N(CC(=O)c2ccc(F)c(C)c2)C1=O. The van der Waals surface area contributed by atoms with E-state index in [0.29, 0.717) is 17.7 Å². The minimum atomic E-state index is -0.776. The first-order chi connectivity index (χ1) is 12.8. The Hall–Kier alpha value is -3.29. The molecular formula is C19H17FN2O5. The molecule has 1 amide bonds. The van der Waals surface area contributed by atoms with Gasteiger partial charge in [-0.1, -0.05) is 6.92 Å². The largest absolute Gasteiger partial charge is 0.478 e. The normalized spacial score (nSPS) is 15.9. The highest BCUT2D eigenvalue weighted by atomic mass is 19.1. The molecule has 1 atom stereocenters. The van der Waals surface area contributed by atoms with Gasteiger partial charge in [0.2, 0.25) is 0 Å². The number of aryl methyl sites for hydroxylation is 1. The van der Waals surface area contributed by atoms with E-state index in [2.05, 4.69) is 0 Å². The van der Waals surface area contributed by atoms with E-state index >= 15 is 0 Å². The lowest BCUT2D eigenvalue weighted by atomic mass is 10.1. The number of ether oxygens (including phenoxy) is 1. The number of amides is 1. The molecule has 140 valence electrons. The minimum Gasteiger partial charge on any atom is -0.478 e. The zero-order chi connectivity index (χ0) is 19.7. The third-order valence-electron chi connectivity index (χ3n) is 4.41. The molecule has 1 unspecified atom stereocenters. The molecule has 0 saturated heterocycles. The van der Waals surface area contributed by atoms with E-state index in [1.165, 1.54) is 48.2 Å². The van der Waals surface area contributed by atoms with Crippen molar-refractivity contribution in [3.8, 4) is 5.75 Å². The number of hydrogen-bond acceptors (Lipinski definition) is 5. The van der Waals surface area contributed by atoms with Gasteiger partial charge in [0, 0.05) is 17.7 Å². The van der Waals surface area contributed by atoms with Crippen molar-refractivity contribution in [2.45, 2.75) is 26.4 Å². The molecule has 0 aliphatic carbocycles. The number of ketones is 1. The Morgan fingerprint density at radius 1 is 1.30 bits per heavy atom. The van der Waals surface area contributed by atoms with Crippen molar-refractivity contribution in [2.75, 3.05) is 11.4 Å². The first-order valence-electron chi connectivity index (χ1n) is 8.37. The van der Waals surface area contributed by atoms with Crippen molar-refractivity contribution in [1.82, 2.24) is 0 Å². The van der Waals surface area contributed by atoms with Gasteiger partial charge >= 0.3 is 0 Å². The number of nitro benzene ring substituents is 1. The van der Waals surface area contributed by atoms with Gasteiger partial charge in [-0.05, 0) is 43.2 Å². The van der Waals surface area contributed by atoms with Crippen molar-refractivity contribution in [3.05, 3.63) is 63.5 Å². The summed E-state index contributed by atoms with van der Waals surface area (Å²) in [6.45, 7) is 2.98. The molecule has 7 nitrogen and oxygen atoms in total.